The normalized spacial score (nSPS) is 22.9. The van der Waals surface area contributed by atoms with Gasteiger partial charge in [0.15, 0.2) is 0 Å². The molecule has 3 rings (SSSR count). The Morgan fingerprint density at radius 2 is 2.04 bits per heavy atom. The first kappa shape index (κ1) is 16.2. The summed E-state index contributed by atoms with van der Waals surface area (Å²) in [7, 11) is 0. The zero-order chi connectivity index (χ0) is 16.4. The molecule has 8 heteroatoms. The number of anilines is 1. The molecule has 1 amide bonds. The number of carbonyl (C=O) groups is 1. The van der Waals surface area contributed by atoms with Crippen molar-refractivity contribution in [3.63, 3.8) is 0 Å². The van der Waals surface area contributed by atoms with E-state index in [1.165, 1.54) is 0 Å². The first-order valence-corrected chi connectivity index (χ1v) is 8.36. The predicted octanol–water partition coefficient (Wildman–Crippen LogP) is -0.0561. The number of amides is 1. The van der Waals surface area contributed by atoms with Crippen LogP contribution in [-0.2, 0) is 11.3 Å². The van der Waals surface area contributed by atoms with E-state index in [-0.39, 0.29) is 5.82 Å². The van der Waals surface area contributed by atoms with Gasteiger partial charge in [0.05, 0.1) is 6.61 Å². The van der Waals surface area contributed by atoms with Crippen molar-refractivity contribution in [2.75, 3.05) is 44.3 Å². The second-order valence-electron chi connectivity index (χ2n) is 6.73. The van der Waals surface area contributed by atoms with Crippen LogP contribution < -0.4 is 10.6 Å². The second-order valence-corrected chi connectivity index (χ2v) is 6.73. The van der Waals surface area contributed by atoms with Gasteiger partial charge in [-0.05, 0) is 12.3 Å². The highest BCUT2D eigenvalue weighted by Crippen LogP contribution is 2.20. The molecule has 2 N–H and O–H groups in total. The molecule has 1 unspecified atom stereocenters. The summed E-state index contributed by atoms with van der Waals surface area (Å²) in [5.74, 6) is 0.876. The Morgan fingerprint density at radius 3 is 2.61 bits per heavy atom. The van der Waals surface area contributed by atoms with E-state index in [1.807, 2.05) is 4.57 Å². The molecule has 128 valence electrons. The highest BCUT2D eigenvalue weighted by atomic mass is 16.5. The Balaban J connectivity index is 1.71. The van der Waals surface area contributed by atoms with Gasteiger partial charge in [-0.3, -0.25) is 14.3 Å². The summed E-state index contributed by atoms with van der Waals surface area (Å²) >= 11 is 0. The number of nitrogens with two attached hydrogens (primary N) is 1. The van der Waals surface area contributed by atoms with Crippen LogP contribution in [0.15, 0.2) is 0 Å². The Morgan fingerprint density at radius 1 is 1.30 bits per heavy atom. The van der Waals surface area contributed by atoms with Crippen LogP contribution in [0.4, 0.5) is 5.95 Å². The molecule has 0 saturated carbocycles. The molecule has 2 saturated heterocycles. The van der Waals surface area contributed by atoms with E-state index >= 15 is 0 Å². The van der Waals surface area contributed by atoms with Gasteiger partial charge in [-0.25, -0.2) is 0 Å². The zero-order valence-electron chi connectivity index (χ0n) is 13.9. The van der Waals surface area contributed by atoms with Crippen LogP contribution in [-0.4, -0.2) is 71.0 Å². The molecule has 0 spiro atoms. The monoisotopic (exact) mass is 322 g/mol. The number of piperazine rings is 1. The number of aromatic nitrogens is 3. The Bertz CT molecular complexity index is 544. The minimum Gasteiger partial charge on any atom is -0.380 e. The largest absolute Gasteiger partial charge is 0.380 e. The fourth-order valence-electron chi connectivity index (χ4n) is 3.34. The lowest BCUT2D eigenvalue weighted by molar-refractivity contribution is 0.0985. The van der Waals surface area contributed by atoms with Gasteiger partial charge < -0.3 is 15.4 Å². The summed E-state index contributed by atoms with van der Waals surface area (Å²) in [6, 6.07) is 0.548. The lowest BCUT2D eigenvalue weighted by Gasteiger charge is -2.37. The molecule has 3 heterocycles. The number of carbonyl (C=O) groups excluding carboxylic acids is 1. The molecular formula is C15H26N6O2. The second kappa shape index (κ2) is 6.84. The van der Waals surface area contributed by atoms with Crippen molar-refractivity contribution in [3.05, 3.63) is 5.82 Å². The highest BCUT2D eigenvalue weighted by Gasteiger charge is 2.29. The molecule has 1 aromatic rings. The lowest BCUT2D eigenvalue weighted by atomic mass is 10.2. The minimum atomic E-state index is -0.522. The van der Waals surface area contributed by atoms with Gasteiger partial charge in [-0.15, -0.1) is 10.2 Å². The van der Waals surface area contributed by atoms with Gasteiger partial charge in [0.1, 0.15) is 0 Å². The third-order valence-electron chi connectivity index (χ3n) is 4.52. The van der Waals surface area contributed by atoms with Crippen molar-refractivity contribution in [1.29, 1.82) is 0 Å². The molecule has 2 fully saturated rings. The van der Waals surface area contributed by atoms with Crippen LogP contribution >= 0.6 is 0 Å². The van der Waals surface area contributed by atoms with Gasteiger partial charge >= 0.3 is 0 Å². The van der Waals surface area contributed by atoms with Gasteiger partial charge in [0.25, 0.3) is 5.91 Å². The number of hydrogen-bond acceptors (Lipinski definition) is 6. The number of primary amides is 1. The van der Waals surface area contributed by atoms with Crippen LogP contribution in [0.1, 0.15) is 30.9 Å². The fourth-order valence-corrected chi connectivity index (χ4v) is 3.34. The number of ether oxygens (including phenoxy) is 1. The molecule has 23 heavy (non-hydrogen) atoms. The molecule has 0 bridgehead atoms. The van der Waals surface area contributed by atoms with Gasteiger partial charge in [0.2, 0.25) is 11.8 Å². The predicted molar refractivity (Wildman–Crippen MR) is 86.4 cm³/mol. The summed E-state index contributed by atoms with van der Waals surface area (Å²) in [5.41, 5.74) is 5.44. The summed E-state index contributed by atoms with van der Waals surface area (Å²) in [6.45, 7) is 10.3. The molecule has 0 radical (unpaired) electrons. The molecule has 0 aliphatic carbocycles. The van der Waals surface area contributed by atoms with Gasteiger partial charge in [0, 0.05) is 45.4 Å². The van der Waals surface area contributed by atoms with E-state index in [4.69, 9.17) is 10.5 Å². The highest BCUT2D eigenvalue weighted by molar-refractivity contribution is 5.89. The lowest BCUT2D eigenvalue weighted by Crippen LogP contribution is -2.51. The number of rotatable bonds is 5. The fraction of sp³-hybridized carbons (Fsp3) is 0.800. The van der Waals surface area contributed by atoms with Crippen LogP contribution in [0.25, 0.3) is 0 Å². The Hall–Kier alpha value is -1.67. The molecule has 2 aliphatic heterocycles. The van der Waals surface area contributed by atoms with Gasteiger partial charge in [-0.1, -0.05) is 13.8 Å². The molecule has 2 aliphatic rings. The minimum absolute atomic E-state index is 0.250. The molecular weight excluding hydrogens is 296 g/mol. The quantitative estimate of drug-likeness (QED) is 0.817. The number of hydrogen-bond donors (Lipinski definition) is 1. The topological polar surface area (TPSA) is 89.5 Å². The third kappa shape index (κ3) is 3.48. The maximum atomic E-state index is 11.6. The Kier molecular flexibility index (Phi) is 4.82. The SMILES string of the molecule is CC(C)Cn1c(C(N)=O)nnc1N1CCN(C2CCOC2)CC1. The van der Waals surface area contributed by atoms with E-state index in [1.54, 1.807) is 0 Å². The van der Waals surface area contributed by atoms with Crippen molar-refractivity contribution in [2.45, 2.75) is 32.9 Å². The molecule has 8 nitrogen and oxygen atoms in total. The van der Waals surface area contributed by atoms with E-state index in [0.717, 1.165) is 51.8 Å². The van der Waals surface area contributed by atoms with Gasteiger partial charge in [-0.2, -0.15) is 0 Å². The summed E-state index contributed by atoms with van der Waals surface area (Å²) in [4.78, 5) is 16.3. The molecule has 0 aromatic carbocycles. The van der Waals surface area contributed by atoms with Crippen molar-refractivity contribution in [2.24, 2.45) is 11.7 Å². The average Bonchev–Trinajstić information content (AvgIpc) is 3.16. The maximum absolute atomic E-state index is 11.6. The van der Waals surface area contributed by atoms with Crippen molar-refractivity contribution in [1.82, 2.24) is 19.7 Å². The first-order valence-electron chi connectivity index (χ1n) is 8.36. The summed E-state index contributed by atoms with van der Waals surface area (Å²) in [5, 5.41) is 8.24. The van der Waals surface area contributed by atoms with Crippen LogP contribution in [0, 0.1) is 5.92 Å². The van der Waals surface area contributed by atoms with Crippen molar-refractivity contribution >= 4 is 11.9 Å². The standard InChI is InChI=1S/C15H26N6O2/c1-11(2)9-21-14(13(16)22)17-18-15(21)20-6-4-19(5-7-20)12-3-8-23-10-12/h11-12H,3-10H2,1-2H3,(H2,16,22). The maximum Gasteiger partial charge on any atom is 0.286 e. The Labute approximate surface area is 136 Å². The number of nitrogens with zero attached hydrogens (tertiary/aromatic N) is 5. The zero-order valence-corrected chi connectivity index (χ0v) is 13.9. The summed E-state index contributed by atoms with van der Waals surface area (Å²) in [6.07, 6.45) is 1.12. The van der Waals surface area contributed by atoms with E-state index in [0.29, 0.717) is 18.5 Å². The summed E-state index contributed by atoms with van der Waals surface area (Å²) < 4.78 is 7.34. The van der Waals surface area contributed by atoms with Crippen molar-refractivity contribution < 1.29 is 9.53 Å². The van der Waals surface area contributed by atoms with Crippen LogP contribution in [0.3, 0.4) is 0 Å². The first-order chi connectivity index (χ1) is 11.1. The van der Waals surface area contributed by atoms with Crippen molar-refractivity contribution in [3.8, 4) is 0 Å². The van der Waals surface area contributed by atoms with Crippen LogP contribution in [0.5, 0.6) is 0 Å². The average molecular weight is 322 g/mol. The van der Waals surface area contributed by atoms with E-state index in [9.17, 15) is 4.79 Å². The molecule has 1 aromatic heterocycles. The van der Waals surface area contributed by atoms with Crippen LogP contribution in [0.2, 0.25) is 0 Å². The smallest absolute Gasteiger partial charge is 0.286 e. The molecule has 1 atom stereocenters. The third-order valence-corrected chi connectivity index (χ3v) is 4.52. The van der Waals surface area contributed by atoms with E-state index in [2.05, 4.69) is 33.8 Å². The van der Waals surface area contributed by atoms with E-state index < -0.39 is 5.91 Å².